The lowest BCUT2D eigenvalue weighted by atomic mass is 9.96. The maximum Gasteiger partial charge on any atom is 0.168 e. The van der Waals surface area contributed by atoms with Crippen LogP contribution in [0.2, 0.25) is 0 Å². The third kappa shape index (κ3) is 5.12. The van der Waals surface area contributed by atoms with Gasteiger partial charge in [-0.05, 0) is 70.5 Å². The number of aliphatic hydroxyl groups is 1. The van der Waals surface area contributed by atoms with Crippen molar-refractivity contribution in [1.29, 1.82) is 0 Å². The van der Waals surface area contributed by atoms with Crippen molar-refractivity contribution in [2.75, 3.05) is 0 Å². The first kappa shape index (κ1) is 22.7. The molecular weight excluding hydrogens is 414 g/mol. The number of Topliss-reactive ketones (excluding diaryl/α,β-unsaturated/α-hetero) is 1. The van der Waals surface area contributed by atoms with Crippen molar-refractivity contribution in [3.8, 4) is 17.0 Å². The highest BCUT2D eigenvalue weighted by molar-refractivity contribution is 5.97. The van der Waals surface area contributed by atoms with Crippen LogP contribution in [0.25, 0.3) is 16.9 Å². The molecule has 2 heterocycles. The molecule has 6 heteroatoms. The Morgan fingerprint density at radius 1 is 1.06 bits per heavy atom. The maximum atomic E-state index is 13.0. The molecule has 0 fully saturated rings. The van der Waals surface area contributed by atoms with Crippen LogP contribution in [-0.2, 0) is 12.0 Å². The van der Waals surface area contributed by atoms with Gasteiger partial charge in [-0.2, -0.15) is 5.10 Å². The second-order valence-corrected chi connectivity index (χ2v) is 9.12. The third-order valence-electron chi connectivity index (χ3n) is 5.38. The molecule has 6 nitrogen and oxygen atoms in total. The average molecular weight is 444 g/mol. The van der Waals surface area contributed by atoms with E-state index in [-0.39, 0.29) is 18.3 Å². The average Bonchev–Trinajstić information content (AvgIpc) is 3.13. The number of fused-ring (bicyclic) bond motifs is 1. The van der Waals surface area contributed by atoms with Crippen LogP contribution >= 0.6 is 0 Å². The van der Waals surface area contributed by atoms with E-state index in [1.54, 1.807) is 42.6 Å². The molecule has 0 atom stereocenters. The Bertz CT molecular complexity index is 1280. The number of ketones is 1. The molecule has 4 rings (SSSR count). The van der Waals surface area contributed by atoms with Crippen LogP contribution in [0.1, 0.15) is 55.0 Å². The predicted octanol–water partition coefficient (Wildman–Crippen LogP) is 5.14. The molecule has 33 heavy (non-hydrogen) atoms. The predicted molar refractivity (Wildman–Crippen MR) is 129 cm³/mol. The summed E-state index contributed by atoms with van der Waals surface area (Å²) in [5, 5.41) is 14.7. The topological polar surface area (TPSA) is 76.7 Å². The second-order valence-electron chi connectivity index (χ2n) is 9.12. The van der Waals surface area contributed by atoms with Crippen molar-refractivity contribution >= 4 is 11.4 Å². The van der Waals surface area contributed by atoms with E-state index in [0.29, 0.717) is 16.9 Å². The second kappa shape index (κ2) is 8.79. The van der Waals surface area contributed by atoms with Crippen LogP contribution in [0.15, 0.2) is 60.7 Å². The minimum Gasteiger partial charge on any atom is -0.491 e. The Kier molecular flexibility index (Phi) is 6.04. The van der Waals surface area contributed by atoms with Gasteiger partial charge in [-0.25, -0.2) is 9.50 Å². The number of nitrogens with zero attached hydrogens (tertiary/aromatic N) is 3. The molecule has 0 saturated carbocycles. The molecule has 1 N–H and O–H groups in total. The smallest absolute Gasteiger partial charge is 0.168 e. The van der Waals surface area contributed by atoms with Crippen LogP contribution in [0.4, 0.5) is 0 Å². The fourth-order valence-electron chi connectivity index (χ4n) is 3.74. The number of rotatable bonds is 7. The highest BCUT2D eigenvalue weighted by Gasteiger charge is 2.18. The highest BCUT2D eigenvalue weighted by Crippen LogP contribution is 2.26. The van der Waals surface area contributed by atoms with Crippen molar-refractivity contribution in [2.24, 2.45) is 0 Å². The summed E-state index contributed by atoms with van der Waals surface area (Å²) < 4.78 is 7.56. The Balaban J connectivity index is 1.66. The van der Waals surface area contributed by atoms with E-state index in [1.165, 1.54) is 0 Å². The molecule has 0 bridgehead atoms. The molecule has 0 spiro atoms. The van der Waals surface area contributed by atoms with Crippen LogP contribution in [0, 0.1) is 6.92 Å². The van der Waals surface area contributed by atoms with Crippen LogP contribution < -0.4 is 4.74 Å². The summed E-state index contributed by atoms with van der Waals surface area (Å²) in [5.41, 5.74) is 4.47. The largest absolute Gasteiger partial charge is 0.491 e. The molecule has 0 radical (unpaired) electrons. The first-order chi connectivity index (χ1) is 15.6. The lowest BCUT2D eigenvalue weighted by Crippen LogP contribution is -2.15. The molecule has 2 aromatic carbocycles. The molecule has 170 valence electrons. The Morgan fingerprint density at radius 2 is 1.73 bits per heavy atom. The number of aromatic nitrogens is 3. The van der Waals surface area contributed by atoms with E-state index in [2.05, 4.69) is 10.1 Å². The van der Waals surface area contributed by atoms with E-state index in [0.717, 1.165) is 28.3 Å². The third-order valence-corrected chi connectivity index (χ3v) is 5.38. The van der Waals surface area contributed by atoms with Crippen LogP contribution in [0.5, 0.6) is 5.75 Å². The molecule has 0 amide bonds. The van der Waals surface area contributed by atoms with Gasteiger partial charge in [0.25, 0.3) is 0 Å². The Labute approximate surface area is 193 Å². The number of benzene rings is 2. The van der Waals surface area contributed by atoms with Crippen molar-refractivity contribution in [3.63, 3.8) is 0 Å². The SMILES string of the molecule is Cc1cc2nc(CC(=O)c3ccc(C(C)(C)O)cc3)cc(-c3ccc(OC(C)C)cc3)n2n1. The van der Waals surface area contributed by atoms with E-state index in [1.807, 2.05) is 57.2 Å². The van der Waals surface area contributed by atoms with Gasteiger partial charge in [0.15, 0.2) is 11.4 Å². The molecule has 2 aromatic heterocycles. The number of carbonyl (C=O) groups excluding carboxylic acids is 1. The van der Waals surface area contributed by atoms with Crippen LogP contribution in [0.3, 0.4) is 0 Å². The standard InChI is InChI=1S/C27H29N3O3/c1-17(2)33-23-12-8-19(9-13-23)24-15-22(28-26-14-18(3)29-30(24)26)16-25(31)20-6-10-21(11-7-20)27(4,5)32/h6-15,17,32H,16H2,1-5H3. The van der Waals surface area contributed by atoms with Crippen molar-refractivity contribution in [3.05, 3.63) is 83.2 Å². The van der Waals surface area contributed by atoms with Crippen molar-refractivity contribution in [1.82, 2.24) is 14.6 Å². The van der Waals surface area contributed by atoms with Gasteiger partial charge in [0.05, 0.1) is 35.2 Å². The quantitative estimate of drug-likeness (QED) is 0.400. The fourth-order valence-corrected chi connectivity index (χ4v) is 3.74. The zero-order valence-electron chi connectivity index (χ0n) is 19.7. The van der Waals surface area contributed by atoms with Gasteiger partial charge in [0.1, 0.15) is 5.75 Å². The monoisotopic (exact) mass is 443 g/mol. The minimum absolute atomic E-state index is 0.0305. The van der Waals surface area contributed by atoms with E-state index in [9.17, 15) is 9.90 Å². The summed E-state index contributed by atoms with van der Waals surface area (Å²) >= 11 is 0. The summed E-state index contributed by atoms with van der Waals surface area (Å²) in [6.07, 6.45) is 0.275. The van der Waals surface area contributed by atoms with Crippen LogP contribution in [-0.4, -0.2) is 31.6 Å². The molecule has 0 aliphatic heterocycles. The van der Waals surface area contributed by atoms with Gasteiger partial charge in [-0.15, -0.1) is 0 Å². The Hall–Kier alpha value is -3.51. The van der Waals surface area contributed by atoms with Gasteiger partial charge in [0, 0.05) is 17.2 Å². The molecular formula is C27H29N3O3. The van der Waals surface area contributed by atoms with E-state index >= 15 is 0 Å². The van der Waals surface area contributed by atoms with Gasteiger partial charge >= 0.3 is 0 Å². The maximum absolute atomic E-state index is 13.0. The molecule has 0 aliphatic rings. The zero-order chi connectivity index (χ0) is 23.8. The molecule has 0 aliphatic carbocycles. The van der Waals surface area contributed by atoms with Gasteiger partial charge in [-0.1, -0.05) is 24.3 Å². The fraction of sp³-hybridized carbons (Fsp3) is 0.296. The first-order valence-corrected chi connectivity index (χ1v) is 11.1. The van der Waals surface area contributed by atoms with Gasteiger partial charge < -0.3 is 9.84 Å². The number of ether oxygens (including phenoxy) is 1. The van der Waals surface area contributed by atoms with E-state index in [4.69, 9.17) is 4.74 Å². The van der Waals surface area contributed by atoms with Crippen molar-refractivity contribution in [2.45, 2.75) is 52.7 Å². The molecule has 0 unspecified atom stereocenters. The number of carbonyl (C=O) groups is 1. The minimum atomic E-state index is -0.946. The van der Waals surface area contributed by atoms with Crippen molar-refractivity contribution < 1.29 is 14.6 Å². The van der Waals surface area contributed by atoms with Gasteiger partial charge in [-0.3, -0.25) is 4.79 Å². The zero-order valence-corrected chi connectivity index (χ0v) is 19.7. The summed E-state index contributed by atoms with van der Waals surface area (Å²) in [6, 6.07) is 18.8. The lowest BCUT2D eigenvalue weighted by Gasteiger charge is -2.17. The lowest BCUT2D eigenvalue weighted by molar-refractivity contribution is 0.0784. The highest BCUT2D eigenvalue weighted by atomic mass is 16.5. The molecule has 4 aromatic rings. The summed E-state index contributed by atoms with van der Waals surface area (Å²) in [4.78, 5) is 17.6. The summed E-state index contributed by atoms with van der Waals surface area (Å²) in [7, 11) is 0. The molecule has 0 saturated heterocycles. The first-order valence-electron chi connectivity index (χ1n) is 11.1. The number of hydrogen-bond acceptors (Lipinski definition) is 5. The Morgan fingerprint density at radius 3 is 2.33 bits per heavy atom. The number of hydrogen-bond donors (Lipinski definition) is 1. The van der Waals surface area contributed by atoms with E-state index < -0.39 is 5.60 Å². The summed E-state index contributed by atoms with van der Waals surface area (Å²) in [6.45, 7) is 9.36. The summed E-state index contributed by atoms with van der Waals surface area (Å²) in [5.74, 6) is 0.776. The normalized spacial score (nSPS) is 11.8. The number of aryl methyl sites for hydroxylation is 1. The van der Waals surface area contributed by atoms with Gasteiger partial charge in [0.2, 0.25) is 0 Å².